The Balaban J connectivity index is 1.57. The van der Waals surface area contributed by atoms with E-state index >= 15 is 0 Å². The van der Waals surface area contributed by atoms with Gasteiger partial charge in [0.25, 0.3) is 0 Å². The summed E-state index contributed by atoms with van der Waals surface area (Å²) in [5.41, 5.74) is 6.63. The summed E-state index contributed by atoms with van der Waals surface area (Å²) in [6.45, 7) is 2.36. The highest BCUT2D eigenvalue weighted by Crippen LogP contribution is 2.58. The molecule has 2 N–H and O–H groups in total. The molecule has 17 heavy (non-hydrogen) atoms. The molecule has 0 aliphatic heterocycles. The molecule has 0 heterocycles. The molecule has 1 nitrogen and oxygen atoms in total. The molecule has 0 bridgehead atoms. The van der Waals surface area contributed by atoms with Gasteiger partial charge < -0.3 is 5.73 Å². The standard InChI is InChI=1S/C16H29N/c1-2-11-6-5-7-12(10-11)16(17)15-13-8-3-4-9-14(13)15/h11-16H,2-10,17H2,1H3. The van der Waals surface area contributed by atoms with E-state index in [0.29, 0.717) is 6.04 Å². The topological polar surface area (TPSA) is 26.0 Å². The zero-order chi connectivity index (χ0) is 11.8. The second kappa shape index (κ2) is 4.91. The normalized spacial score (nSPS) is 47.3. The van der Waals surface area contributed by atoms with E-state index in [1.54, 1.807) is 0 Å². The minimum Gasteiger partial charge on any atom is -0.327 e. The maximum absolute atomic E-state index is 6.63. The van der Waals surface area contributed by atoms with Crippen LogP contribution in [0, 0.1) is 29.6 Å². The molecule has 3 rings (SSSR count). The van der Waals surface area contributed by atoms with E-state index < -0.39 is 0 Å². The van der Waals surface area contributed by atoms with Crippen LogP contribution in [-0.4, -0.2) is 6.04 Å². The summed E-state index contributed by atoms with van der Waals surface area (Å²) in [7, 11) is 0. The summed E-state index contributed by atoms with van der Waals surface area (Å²) in [5.74, 6) is 4.87. The van der Waals surface area contributed by atoms with Gasteiger partial charge in [0.05, 0.1) is 0 Å². The van der Waals surface area contributed by atoms with Crippen LogP contribution in [0.5, 0.6) is 0 Å². The molecule has 3 saturated carbocycles. The average molecular weight is 235 g/mol. The predicted molar refractivity (Wildman–Crippen MR) is 72.7 cm³/mol. The fourth-order valence-electron chi connectivity index (χ4n) is 4.99. The summed E-state index contributed by atoms with van der Waals surface area (Å²) in [6, 6.07) is 0.553. The first-order chi connectivity index (χ1) is 8.31. The lowest BCUT2D eigenvalue weighted by Gasteiger charge is -2.33. The Labute approximate surface area is 107 Å². The molecule has 0 saturated heterocycles. The maximum atomic E-state index is 6.63. The Bertz CT molecular complexity index is 250. The average Bonchev–Trinajstić information content (AvgIpc) is 3.12. The van der Waals surface area contributed by atoms with Gasteiger partial charge in [-0.15, -0.1) is 0 Å². The van der Waals surface area contributed by atoms with Gasteiger partial charge in [-0.05, 0) is 55.3 Å². The summed E-state index contributed by atoms with van der Waals surface area (Å²) < 4.78 is 0. The van der Waals surface area contributed by atoms with E-state index in [0.717, 1.165) is 29.6 Å². The summed E-state index contributed by atoms with van der Waals surface area (Å²) >= 11 is 0. The smallest absolute Gasteiger partial charge is 0.0101 e. The summed E-state index contributed by atoms with van der Waals surface area (Å²) in [4.78, 5) is 0. The molecule has 98 valence electrons. The zero-order valence-electron chi connectivity index (χ0n) is 11.4. The lowest BCUT2D eigenvalue weighted by Crippen LogP contribution is -2.36. The van der Waals surface area contributed by atoms with Crippen LogP contribution in [0.2, 0.25) is 0 Å². The Morgan fingerprint density at radius 2 is 1.71 bits per heavy atom. The molecule has 0 radical (unpaired) electrons. The molecule has 0 aromatic rings. The van der Waals surface area contributed by atoms with Gasteiger partial charge in [-0.1, -0.05) is 39.0 Å². The molecule has 0 amide bonds. The molecule has 1 heteroatoms. The largest absolute Gasteiger partial charge is 0.327 e. The number of rotatable bonds is 3. The second-order valence-corrected chi connectivity index (χ2v) is 6.97. The van der Waals surface area contributed by atoms with Crippen LogP contribution >= 0.6 is 0 Å². The molecule has 0 aromatic heterocycles. The first kappa shape index (κ1) is 12.0. The van der Waals surface area contributed by atoms with Crippen molar-refractivity contribution in [3.8, 4) is 0 Å². The Morgan fingerprint density at radius 1 is 1.00 bits per heavy atom. The van der Waals surface area contributed by atoms with Crippen molar-refractivity contribution in [2.75, 3.05) is 0 Å². The Morgan fingerprint density at radius 3 is 2.35 bits per heavy atom. The first-order valence-electron chi connectivity index (χ1n) is 8.06. The monoisotopic (exact) mass is 235 g/mol. The van der Waals surface area contributed by atoms with Crippen molar-refractivity contribution in [3.05, 3.63) is 0 Å². The highest BCUT2D eigenvalue weighted by atomic mass is 14.8. The van der Waals surface area contributed by atoms with Gasteiger partial charge in [0.2, 0.25) is 0 Å². The van der Waals surface area contributed by atoms with Crippen molar-refractivity contribution in [1.82, 2.24) is 0 Å². The molecule has 5 unspecified atom stereocenters. The molecule has 3 fully saturated rings. The molecular weight excluding hydrogens is 206 g/mol. The van der Waals surface area contributed by atoms with E-state index in [-0.39, 0.29) is 0 Å². The van der Waals surface area contributed by atoms with Gasteiger partial charge in [0, 0.05) is 6.04 Å². The van der Waals surface area contributed by atoms with Crippen LogP contribution in [0.3, 0.4) is 0 Å². The molecule has 3 aliphatic rings. The van der Waals surface area contributed by atoms with Crippen LogP contribution in [0.1, 0.15) is 64.7 Å². The van der Waals surface area contributed by atoms with Crippen LogP contribution < -0.4 is 5.73 Å². The second-order valence-electron chi connectivity index (χ2n) is 6.97. The molecular formula is C16H29N. The lowest BCUT2D eigenvalue weighted by atomic mass is 9.75. The summed E-state index contributed by atoms with van der Waals surface area (Å²) in [6.07, 6.45) is 13.1. The van der Waals surface area contributed by atoms with Crippen molar-refractivity contribution in [2.24, 2.45) is 35.3 Å². The van der Waals surface area contributed by atoms with Gasteiger partial charge in [-0.2, -0.15) is 0 Å². The molecule has 3 aliphatic carbocycles. The molecule has 0 aromatic carbocycles. The highest BCUT2D eigenvalue weighted by Gasteiger charge is 2.54. The third-order valence-corrected chi connectivity index (χ3v) is 6.11. The van der Waals surface area contributed by atoms with Crippen LogP contribution in [0.25, 0.3) is 0 Å². The first-order valence-corrected chi connectivity index (χ1v) is 8.06. The third-order valence-electron chi connectivity index (χ3n) is 6.11. The molecule has 0 spiro atoms. The predicted octanol–water partition coefficient (Wildman–Crippen LogP) is 3.97. The highest BCUT2D eigenvalue weighted by molar-refractivity contribution is 5.05. The zero-order valence-corrected chi connectivity index (χ0v) is 11.4. The number of nitrogens with two attached hydrogens (primary N) is 1. The lowest BCUT2D eigenvalue weighted by molar-refractivity contribution is 0.212. The minimum atomic E-state index is 0.553. The third kappa shape index (κ3) is 2.28. The van der Waals surface area contributed by atoms with Gasteiger partial charge in [-0.25, -0.2) is 0 Å². The quantitative estimate of drug-likeness (QED) is 0.787. The number of hydrogen-bond donors (Lipinski definition) is 1. The number of hydrogen-bond acceptors (Lipinski definition) is 1. The van der Waals surface area contributed by atoms with Crippen LogP contribution in [-0.2, 0) is 0 Å². The van der Waals surface area contributed by atoms with E-state index in [1.165, 1.54) is 57.8 Å². The fraction of sp³-hybridized carbons (Fsp3) is 1.00. The van der Waals surface area contributed by atoms with E-state index in [1.807, 2.05) is 0 Å². The Kier molecular flexibility index (Phi) is 3.47. The molecule has 5 atom stereocenters. The Hall–Kier alpha value is -0.0400. The van der Waals surface area contributed by atoms with Gasteiger partial charge in [-0.3, -0.25) is 0 Å². The van der Waals surface area contributed by atoms with E-state index in [9.17, 15) is 0 Å². The van der Waals surface area contributed by atoms with E-state index in [2.05, 4.69) is 6.92 Å². The fourth-order valence-corrected chi connectivity index (χ4v) is 4.99. The maximum Gasteiger partial charge on any atom is 0.0101 e. The van der Waals surface area contributed by atoms with Crippen molar-refractivity contribution >= 4 is 0 Å². The van der Waals surface area contributed by atoms with Crippen molar-refractivity contribution in [1.29, 1.82) is 0 Å². The van der Waals surface area contributed by atoms with Gasteiger partial charge in [0.1, 0.15) is 0 Å². The van der Waals surface area contributed by atoms with Crippen molar-refractivity contribution in [2.45, 2.75) is 70.8 Å². The van der Waals surface area contributed by atoms with Crippen molar-refractivity contribution in [3.63, 3.8) is 0 Å². The SMILES string of the molecule is CCC1CCCC(C(N)C2C3CCCCC32)C1. The minimum absolute atomic E-state index is 0.553. The van der Waals surface area contributed by atoms with Gasteiger partial charge >= 0.3 is 0 Å². The van der Waals surface area contributed by atoms with Gasteiger partial charge in [0.15, 0.2) is 0 Å². The van der Waals surface area contributed by atoms with Crippen molar-refractivity contribution < 1.29 is 0 Å². The number of fused-ring (bicyclic) bond motifs is 1. The van der Waals surface area contributed by atoms with Crippen LogP contribution in [0.4, 0.5) is 0 Å². The van der Waals surface area contributed by atoms with E-state index in [4.69, 9.17) is 5.73 Å². The summed E-state index contributed by atoms with van der Waals surface area (Å²) in [5, 5.41) is 0. The van der Waals surface area contributed by atoms with Crippen LogP contribution in [0.15, 0.2) is 0 Å².